The van der Waals surface area contributed by atoms with Crippen LogP contribution in [-0.2, 0) is 62.9 Å². The Labute approximate surface area is 312 Å². The van der Waals surface area contributed by atoms with Crippen molar-refractivity contribution in [3.63, 3.8) is 0 Å². The van der Waals surface area contributed by atoms with Gasteiger partial charge in [-0.15, -0.1) is 0 Å². The van der Waals surface area contributed by atoms with Crippen LogP contribution in [0.3, 0.4) is 0 Å². The summed E-state index contributed by atoms with van der Waals surface area (Å²) in [6.07, 6.45) is 0.993. The van der Waals surface area contributed by atoms with Crippen LogP contribution < -0.4 is 16.8 Å². The number of hydrogen-bond donors (Lipinski definition) is 5. The molecule has 14 heteroatoms. The van der Waals surface area contributed by atoms with Crippen molar-refractivity contribution in [3.8, 4) is 0 Å². The third-order valence-electron chi connectivity index (χ3n) is 10.9. The van der Waals surface area contributed by atoms with Crippen LogP contribution in [0.25, 0.3) is 10.9 Å². The molecule has 4 amide bonds. The molecule has 3 aliphatic rings. The number of nitrogens with one attached hydrogen (secondary N) is 2. The van der Waals surface area contributed by atoms with E-state index < -0.39 is 42.0 Å². The second kappa shape index (κ2) is 15.0. The first kappa shape index (κ1) is 36.2. The van der Waals surface area contributed by atoms with Crippen LogP contribution in [0.2, 0.25) is 0 Å². The van der Waals surface area contributed by atoms with Gasteiger partial charge in [-0.25, -0.2) is 4.79 Å². The molecule has 0 aliphatic carbocycles. The van der Waals surface area contributed by atoms with E-state index in [0.717, 1.165) is 44.4 Å². The molecular weight excluding hydrogens is 688 g/mol. The van der Waals surface area contributed by atoms with E-state index in [2.05, 4.69) is 15.3 Å². The number of rotatable bonds is 9. The molecule has 1 unspecified atom stereocenters. The van der Waals surface area contributed by atoms with Gasteiger partial charge in [-0.1, -0.05) is 66.7 Å². The molecule has 0 saturated carbocycles. The number of aromatic nitrogens is 1. The molecule has 54 heavy (non-hydrogen) atoms. The molecule has 0 saturated heterocycles. The summed E-state index contributed by atoms with van der Waals surface area (Å²) >= 11 is 0. The number of nitrogens with zero attached hydrogens (tertiary/aromatic N) is 4. The number of carboxylic acids is 1. The fourth-order valence-electron chi connectivity index (χ4n) is 8.14. The molecule has 1 aromatic heterocycles. The zero-order valence-corrected chi connectivity index (χ0v) is 30.0. The second-order valence-electron chi connectivity index (χ2n) is 14.3. The average Bonchev–Trinajstić information content (AvgIpc) is 3.54. The number of hydrogen-bond acceptors (Lipinski definition) is 6. The van der Waals surface area contributed by atoms with Gasteiger partial charge in [0.2, 0.25) is 23.6 Å². The Hall–Kier alpha value is -6.18. The van der Waals surface area contributed by atoms with Crippen LogP contribution in [0.4, 0.5) is 0 Å². The van der Waals surface area contributed by atoms with E-state index in [1.54, 1.807) is 4.90 Å². The number of aliphatic carboxylic acids is 1. The van der Waals surface area contributed by atoms with Crippen molar-refractivity contribution in [1.82, 2.24) is 25.0 Å². The Balaban J connectivity index is 1.22. The first-order valence-electron chi connectivity index (χ1n) is 18.2. The fraction of sp³-hybridized carbons (Fsp3) is 0.350. The third-order valence-corrected chi connectivity index (χ3v) is 10.9. The largest absolute Gasteiger partial charge is 0.480 e. The normalized spacial score (nSPS) is 19.6. The van der Waals surface area contributed by atoms with Gasteiger partial charge in [-0.3, -0.25) is 24.2 Å². The van der Waals surface area contributed by atoms with E-state index in [1.165, 1.54) is 16.7 Å². The highest BCUT2D eigenvalue weighted by molar-refractivity contribution is 5.97. The SMILES string of the molecule is CC(=O)N1Cc2ccccc2C[C@H]1C(=O)N1Cc2[nH]c3ccccc3c2CC1C(=O)N[C@@H](CCCN=C(N)N)C(=O)N1Cc2ccccc2C[C@H]1C(=O)O. The molecule has 4 heterocycles. The highest BCUT2D eigenvalue weighted by Crippen LogP contribution is 2.33. The van der Waals surface area contributed by atoms with E-state index in [1.807, 2.05) is 72.8 Å². The summed E-state index contributed by atoms with van der Waals surface area (Å²) in [4.78, 5) is 81.2. The monoisotopic (exact) mass is 732 g/mol. The van der Waals surface area contributed by atoms with Gasteiger partial charge in [0.15, 0.2) is 5.96 Å². The summed E-state index contributed by atoms with van der Waals surface area (Å²) in [5.74, 6) is -3.01. The standard InChI is InChI=1S/C40H44N8O6/c1-23(49)46-20-26-11-4-2-9-24(26)17-34(46)38(52)48-22-32-29(28-13-6-7-14-30(28)44-32)19-33(48)36(50)45-31(15-8-16-43-40(41)42)37(51)47-21-27-12-5-3-10-25(27)18-35(47)39(53)54/h2-7,9-14,31,33-35,44H,8,15-22H2,1H3,(H,45,50)(H,53,54)(H4,41,42,43)/t31-,33?,34-,35-/m0/s1. The topological polar surface area (TPSA) is 208 Å². The van der Waals surface area contributed by atoms with Gasteiger partial charge in [-0.05, 0) is 46.7 Å². The number of guanidine groups is 1. The Kier molecular flexibility index (Phi) is 10.1. The summed E-state index contributed by atoms with van der Waals surface area (Å²) < 4.78 is 0. The third kappa shape index (κ3) is 7.10. The maximum atomic E-state index is 14.8. The van der Waals surface area contributed by atoms with Crippen molar-refractivity contribution in [2.24, 2.45) is 16.5 Å². The Morgan fingerprint density at radius 2 is 1.41 bits per heavy atom. The van der Waals surface area contributed by atoms with E-state index in [4.69, 9.17) is 11.5 Å². The lowest BCUT2D eigenvalue weighted by Gasteiger charge is -2.42. The summed E-state index contributed by atoms with van der Waals surface area (Å²) in [5.41, 5.74) is 17.2. The van der Waals surface area contributed by atoms with Gasteiger partial charge in [0.05, 0.1) is 6.54 Å². The van der Waals surface area contributed by atoms with Gasteiger partial charge in [-0.2, -0.15) is 0 Å². The summed E-state index contributed by atoms with van der Waals surface area (Å²) in [7, 11) is 0. The lowest BCUT2D eigenvalue weighted by Crippen LogP contribution is -2.62. The molecular formula is C40H44N8O6. The van der Waals surface area contributed by atoms with E-state index >= 15 is 0 Å². The van der Waals surface area contributed by atoms with Gasteiger partial charge in [0.25, 0.3) is 0 Å². The summed E-state index contributed by atoms with van der Waals surface area (Å²) in [6.45, 7) is 2.03. The molecule has 4 aromatic rings. The van der Waals surface area contributed by atoms with Crippen molar-refractivity contribution in [3.05, 3.63) is 106 Å². The van der Waals surface area contributed by atoms with Crippen LogP contribution >= 0.6 is 0 Å². The fourth-order valence-corrected chi connectivity index (χ4v) is 8.14. The maximum Gasteiger partial charge on any atom is 0.326 e. The lowest BCUT2D eigenvalue weighted by atomic mass is 9.90. The first-order chi connectivity index (χ1) is 26.0. The predicted octanol–water partition coefficient (Wildman–Crippen LogP) is 1.97. The number of benzene rings is 3. The molecule has 14 nitrogen and oxygen atoms in total. The predicted molar refractivity (Wildman–Crippen MR) is 200 cm³/mol. The smallest absolute Gasteiger partial charge is 0.326 e. The van der Waals surface area contributed by atoms with Gasteiger partial charge in [0.1, 0.15) is 24.2 Å². The van der Waals surface area contributed by atoms with E-state index in [9.17, 15) is 29.1 Å². The molecule has 0 radical (unpaired) electrons. The van der Waals surface area contributed by atoms with Crippen LogP contribution in [0, 0.1) is 0 Å². The molecule has 7 rings (SSSR count). The zero-order chi connectivity index (χ0) is 38.1. The number of H-pyrrole nitrogens is 1. The lowest BCUT2D eigenvalue weighted by molar-refractivity contribution is -0.154. The second-order valence-corrected chi connectivity index (χ2v) is 14.3. The number of carbonyl (C=O) groups excluding carboxylic acids is 4. The van der Waals surface area contributed by atoms with Crippen LogP contribution in [0.15, 0.2) is 77.8 Å². The number of amides is 4. The van der Waals surface area contributed by atoms with Crippen molar-refractivity contribution < 1.29 is 29.1 Å². The molecule has 4 atom stereocenters. The quantitative estimate of drug-likeness (QED) is 0.0975. The van der Waals surface area contributed by atoms with E-state index in [0.29, 0.717) is 6.42 Å². The summed E-state index contributed by atoms with van der Waals surface area (Å²) in [6, 6.07) is 18.6. The van der Waals surface area contributed by atoms with Crippen LogP contribution in [-0.4, -0.2) is 91.1 Å². The molecule has 7 N–H and O–H groups in total. The molecule has 3 aromatic carbocycles. The average molecular weight is 733 g/mol. The van der Waals surface area contributed by atoms with Crippen LogP contribution in [0.5, 0.6) is 0 Å². The van der Waals surface area contributed by atoms with E-state index in [-0.39, 0.29) is 69.6 Å². The molecule has 0 bridgehead atoms. The van der Waals surface area contributed by atoms with Crippen molar-refractivity contribution in [1.29, 1.82) is 0 Å². The van der Waals surface area contributed by atoms with Crippen molar-refractivity contribution in [2.75, 3.05) is 6.54 Å². The number of nitrogens with two attached hydrogens (primary N) is 2. The molecule has 0 spiro atoms. The Bertz CT molecular complexity index is 2160. The van der Waals surface area contributed by atoms with Gasteiger partial charge < -0.3 is 41.6 Å². The maximum absolute atomic E-state index is 14.8. The highest BCUT2D eigenvalue weighted by atomic mass is 16.4. The number of carboxylic acid groups (broad SMARTS) is 1. The highest BCUT2D eigenvalue weighted by Gasteiger charge is 2.44. The van der Waals surface area contributed by atoms with Crippen LogP contribution in [0.1, 0.15) is 53.3 Å². The van der Waals surface area contributed by atoms with Gasteiger partial charge in [0, 0.05) is 62.4 Å². The molecule has 3 aliphatic heterocycles. The minimum atomic E-state index is -1.15. The number of para-hydroxylation sites is 1. The minimum Gasteiger partial charge on any atom is -0.480 e. The number of fused-ring (bicyclic) bond motifs is 5. The first-order valence-corrected chi connectivity index (χ1v) is 18.2. The zero-order valence-electron chi connectivity index (χ0n) is 30.0. The van der Waals surface area contributed by atoms with Gasteiger partial charge >= 0.3 is 5.97 Å². The minimum absolute atomic E-state index is 0.0586. The Morgan fingerprint density at radius 1 is 0.796 bits per heavy atom. The Morgan fingerprint density at radius 3 is 2.06 bits per heavy atom. The van der Waals surface area contributed by atoms with Crippen molar-refractivity contribution >= 4 is 46.5 Å². The number of aliphatic imine (C=N–C) groups is 1. The number of aromatic amines is 1. The number of carbonyl (C=O) groups is 5. The molecule has 0 fully saturated rings. The molecule has 280 valence electrons. The van der Waals surface area contributed by atoms with Crippen molar-refractivity contribution in [2.45, 2.75) is 82.8 Å². The summed E-state index contributed by atoms with van der Waals surface area (Å²) in [5, 5.41) is 14.1.